The molecule has 0 saturated heterocycles. The lowest BCUT2D eigenvalue weighted by Gasteiger charge is -2.28. The van der Waals surface area contributed by atoms with Crippen LogP contribution in [-0.2, 0) is 14.3 Å². The number of esters is 1. The largest absolute Gasteiger partial charge is 0.469 e. The molecule has 1 heterocycles. The zero-order valence-corrected chi connectivity index (χ0v) is 12.2. The molecule has 0 aromatic carbocycles. The number of ether oxygens (including phenoxy) is 2. The van der Waals surface area contributed by atoms with Crippen LogP contribution in [0, 0.1) is 6.92 Å². The zero-order valence-electron chi connectivity index (χ0n) is 12.2. The van der Waals surface area contributed by atoms with E-state index in [0.717, 1.165) is 0 Å². The Balaban J connectivity index is 2.48. The maximum atomic E-state index is 11.8. The van der Waals surface area contributed by atoms with Crippen molar-refractivity contribution >= 4 is 11.9 Å². The maximum Gasteiger partial charge on any atom is 0.307 e. The van der Waals surface area contributed by atoms with E-state index in [1.54, 1.807) is 19.9 Å². The topological polar surface area (TPSA) is 90.7 Å². The van der Waals surface area contributed by atoms with E-state index in [1.165, 1.54) is 7.11 Å². The van der Waals surface area contributed by atoms with Gasteiger partial charge < -0.3 is 19.3 Å². The molecule has 0 saturated carbocycles. The van der Waals surface area contributed by atoms with Gasteiger partial charge in [0.05, 0.1) is 13.5 Å². The summed E-state index contributed by atoms with van der Waals surface area (Å²) in [5.74, 6) is 0.148. The van der Waals surface area contributed by atoms with Gasteiger partial charge in [0.1, 0.15) is 5.76 Å². The standard InChI is InChI=1S/C13H20N2O5/c1-5-13(3,7-12(17)18-4)14-10(16)8-19-11-6-9(2)20-15-11/h6H,5,7-8H2,1-4H3,(H,14,16). The van der Waals surface area contributed by atoms with E-state index in [1.807, 2.05) is 6.92 Å². The quantitative estimate of drug-likeness (QED) is 0.757. The molecule has 1 unspecified atom stereocenters. The van der Waals surface area contributed by atoms with Gasteiger partial charge in [-0.2, -0.15) is 0 Å². The van der Waals surface area contributed by atoms with Crippen molar-refractivity contribution in [2.75, 3.05) is 13.7 Å². The molecule has 1 rings (SSSR count). The molecular weight excluding hydrogens is 264 g/mol. The van der Waals surface area contributed by atoms with Gasteiger partial charge in [-0.3, -0.25) is 9.59 Å². The fourth-order valence-corrected chi connectivity index (χ4v) is 1.57. The Morgan fingerprint density at radius 2 is 2.20 bits per heavy atom. The number of carbonyl (C=O) groups is 2. The molecule has 20 heavy (non-hydrogen) atoms. The number of rotatable bonds is 7. The van der Waals surface area contributed by atoms with Gasteiger partial charge in [0.25, 0.3) is 11.8 Å². The molecule has 0 spiro atoms. The van der Waals surface area contributed by atoms with Crippen molar-refractivity contribution in [3.05, 3.63) is 11.8 Å². The van der Waals surface area contributed by atoms with Gasteiger partial charge in [0.15, 0.2) is 6.61 Å². The van der Waals surface area contributed by atoms with Gasteiger partial charge in [0.2, 0.25) is 0 Å². The Morgan fingerprint density at radius 3 is 2.70 bits per heavy atom. The highest BCUT2D eigenvalue weighted by atomic mass is 16.5. The highest BCUT2D eigenvalue weighted by molar-refractivity contribution is 5.79. The number of hydrogen-bond acceptors (Lipinski definition) is 6. The number of nitrogens with zero attached hydrogens (tertiary/aromatic N) is 1. The van der Waals surface area contributed by atoms with Crippen LogP contribution in [0.15, 0.2) is 10.6 Å². The van der Waals surface area contributed by atoms with E-state index in [9.17, 15) is 9.59 Å². The highest BCUT2D eigenvalue weighted by Crippen LogP contribution is 2.15. The minimum Gasteiger partial charge on any atom is -0.469 e. The molecule has 0 aliphatic carbocycles. The first-order chi connectivity index (χ1) is 9.38. The van der Waals surface area contributed by atoms with Gasteiger partial charge >= 0.3 is 5.97 Å². The van der Waals surface area contributed by atoms with Crippen molar-refractivity contribution in [1.82, 2.24) is 10.5 Å². The lowest BCUT2D eigenvalue weighted by atomic mass is 9.94. The minimum absolute atomic E-state index is 0.106. The van der Waals surface area contributed by atoms with Crippen LogP contribution < -0.4 is 10.1 Å². The predicted molar refractivity (Wildman–Crippen MR) is 70.2 cm³/mol. The molecular formula is C13H20N2O5. The molecule has 0 aliphatic rings. The summed E-state index contributed by atoms with van der Waals surface area (Å²) in [6.45, 7) is 5.19. The predicted octanol–water partition coefficient (Wildman–Crippen LogP) is 1.21. The number of aromatic nitrogens is 1. The Kier molecular flexibility index (Phi) is 5.54. The van der Waals surface area contributed by atoms with E-state index in [-0.39, 0.29) is 30.8 Å². The van der Waals surface area contributed by atoms with Gasteiger partial charge in [0, 0.05) is 11.6 Å². The van der Waals surface area contributed by atoms with Crippen LogP contribution in [0.1, 0.15) is 32.4 Å². The molecule has 0 bridgehead atoms. The van der Waals surface area contributed by atoms with Crippen molar-refractivity contribution in [2.45, 2.75) is 39.2 Å². The van der Waals surface area contributed by atoms with Crippen molar-refractivity contribution in [3.63, 3.8) is 0 Å². The summed E-state index contributed by atoms with van der Waals surface area (Å²) in [4.78, 5) is 23.1. The molecule has 1 atom stereocenters. The summed E-state index contributed by atoms with van der Waals surface area (Å²) < 4.78 is 14.6. The van der Waals surface area contributed by atoms with E-state index < -0.39 is 5.54 Å². The summed E-state index contributed by atoms with van der Waals surface area (Å²) in [6, 6.07) is 1.58. The van der Waals surface area contributed by atoms with Crippen LogP contribution in [0.2, 0.25) is 0 Å². The van der Waals surface area contributed by atoms with Gasteiger partial charge in [-0.1, -0.05) is 6.92 Å². The van der Waals surface area contributed by atoms with Gasteiger partial charge in [-0.05, 0) is 25.4 Å². The van der Waals surface area contributed by atoms with E-state index in [0.29, 0.717) is 12.2 Å². The summed E-state index contributed by atoms with van der Waals surface area (Å²) >= 11 is 0. The van der Waals surface area contributed by atoms with Crippen LogP contribution in [0.25, 0.3) is 0 Å². The Labute approximate surface area is 117 Å². The average Bonchev–Trinajstić information content (AvgIpc) is 2.82. The zero-order chi connectivity index (χ0) is 15.2. The van der Waals surface area contributed by atoms with Crippen LogP contribution in [0.3, 0.4) is 0 Å². The molecule has 7 nitrogen and oxygen atoms in total. The molecule has 7 heteroatoms. The van der Waals surface area contributed by atoms with Crippen LogP contribution in [0.5, 0.6) is 5.88 Å². The van der Waals surface area contributed by atoms with E-state index in [2.05, 4.69) is 15.2 Å². The number of methoxy groups -OCH3 is 1. The van der Waals surface area contributed by atoms with Crippen molar-refractivity contribution in [1.29, 1.82) is 0 Å². The third kappa shape index (κ3) is 4.91. The van der Waals surface area contributed by atoms with E-state index in [4.69, 9.17) is 9.26 Å². The minimum atomic E-state index is -0.659. The van der Waals surface area contributed by atoms with Crippen molar-refractivity contribution < 1.29 is 23.6 Å². The first-order valence-corrected chi connectivity index (χ1v) is 6.32. The Hall–Kier alpha value is -2.05. The van der Waals surface area contributed by atoms with E-state index >= 15 is 0 Å². The average molecular weight is 284 g/mol. The lowest BCUT2D eigenvalue weighted by Crippen LogP contribution is -2.48. The maximum absolute atomic E-state index is 11.8. The molecule has 0 fully saturated rings. The molecule has 1 aromatic heterocycles. The van der Waals surface area contributed by atoms with Crippen LogP contribution >= 0.6 is 0 Å². The molecule has 1 amide bonds. The smallest absolute Gasteiger partial charge is 0.307 e. The number of carbonyl (C=O) groups excluding carboxylic acids is 2. The summed E-state index contributed by atoms with van der Waals surface area (Å²) in [5, 5.41) is 6.38. The highest BCUT2D eigenvalue weighted by Gasteiger charge is 2.28. The Morgan fingerprint density at radius 1 is 1.50 bits per heavy atom. The number of amides is 1. The molecule has 112 valence electrons. The second kappa shape index (κ2) is 6.93. The molecule has 0 aliphatic heterocycles. The third-order valence-electron chi connectivity index (χ3n) is 2.94. The van der Waals surface area contributed by atoms with Gasteiger partial charge in [-0.15, -0.1) is 0 Å². The number of aryl methyl sites for hydroxylation is 1. The first-order valence-electron chi connectivity index (χ1n) is 6.32. The second-order valence-corrected chi connectivity index (χ2v) is 4.78. The normalized spacial score (nSPS) is 13.4. The molecule has 1 N–H and O–H groups in total. The monoisotopic (exact) mass is 284 g/mol. The SMILES string of the molecule is CCC(C)(CC(=O)OC)NC(=O)COc1cc(C)on1. The second-order valence-electron chi connectivity index (χ2n) is 4.78. The molecule has 1 aromatic rings. The Bertz CT molecular complexity index is 471. The number of nitrogens with one attached hydrogen (secondary N) is 1. The van der Waals surface area contributed by atoms with Crippen molar-refractivity contribution in [2.24, 2.45) is 0 Å². The first kappa shape index (κ1) is 16.0. The molecule has 0 radical (unpaired) electrons. The van der Waals surface area contributed by atoms with Crippen molar-refractivity contribution in [3.8, 4) is 5.88 Å². The summed E-state index contributed by atoms with van der Waals surface area (Å²) in [6.07, 6.45) is 0.700. The fourth-order valence-electron chi connectivity index (χ4n) is 1.57. The summed E-state index contributed by atoms with van der Waals surface area (Å²) in [5.41, 5.74) is -0.659. The van der Waals surface area contributed by atoms with Gasteiger partial charge in [-0.25, -0.2) is 0 Å². The van der Waals surface area contributed by atoms with Crippen LogP contribution in [0.4, 0.5) is 0 Å². The lowest BCUT2D eigenvalue weighted by molar-refractivity contribution is -0.142. The third-order valence-corrected chi connectivity index (χ3v) is 2.94. The number of hydrogen-bond donors (Lipinski definition) is 1. The fraction of sp³-hybridized carbons (Fsp3) is 0.615. The van der Waals surface area contributed by atoms with Crippen LogP contribution in [-0.4, -0.2) is 36.3 Å². The summed E-state index contributed by atoms with van der Waals surface area (Å²) in [7, 11) is 1.32.